The number of nitrogens with zero attached hydrogens (tertiary/aromatic N) is 1. The van der Waals surface area contributed by atoms with E-state index in [-0.39, 0.29) is 23.8 Å². The van der Waals surface area contributed by atoms with E-state index in [0.29, 0.717) is 23.4 Å². The first-order valence-corrected chi connectivity index (χ1v) is 12.8. The zero-order chi connectivity index (χ0) is 27.2. The molecule has 0 aliphatic heterocycles. The molecule has 3 amide bonds. The molecule has 0 spiro atoms. The molecule has 8 heteroatoms. The highest BCUT2D eigenvalue weighted by molar-refractivity contribution is 5.99. The Balaban J connectivity index is 1.93. The zero-order valence-electron chi connectivity index (χ0n) is 22.6. The molecule has 0 bridgehead atoms. The van der Waals surface area contributed by atoms with Gasteiger partial charge in [-0.15, -0.1) is 0 Å². The average Bonchev–Trinajstić information content (AvgIpc) is 3.66. The van der Waals surface area contributed by atoms with E-state index in [0.717, 1.165) is 12.8 Å². The topological polar surface area (TPSA) is 97.0 Å². The Bertz CT molecular complexity index is 1060. The minimum Gasteiger partial charge on any atom is -0.497 e. The number of hydrogen-bond donors (Lipinski definition) is 2. The summed E-state index contributed by atoms with van der Waals surface area (Å²) in [4.78, 5) is 42.1. The quantitative estimate of drug-likeness (QED) is 0.453. The van der Waals surface area contributed by atoms with Gasteiger partial charge in [-0.3, -0.25) is 9.59 Å². The molecule has 2 unspecified atom stereocenters. The third-order valence-electron chi connectivity index (χ3n) is 5.89. The molecule has 37 heavy (non-hydrogen) atoms. The Labute approximate surface area is 219 Å². The number of rotatable bonds is 10. The summed E-state index contributed by atoms with van der Waals surface area (Å²) in [6.45, 7) is 9.30. The Morgan fingerprint density at radius 3 is 2.14 bits per heavy atom. The van der Waals surface area contributed by atoms with Gasteiger partial charge in [0.25, 0.3) is 5.91 Å². The number of ether oxygens (including phenoxy) is 2. The van der Waals surface area contributed by atoms with Crippen LogP contribution in [0.4, 0.5) is 10.5 Å². The second-order valence-corrected chi connectivity index (χ2v) is 10.8. The van der Waals surface area contributed by atoms with Crippen molar-refractivity contribution in [3.63, 3.8) is 0 Å². The molecule has 0 heterocycles. The third-order valence-corrected chi connectivity index (χ3v) is 5.89. The van der Waals surface area contributed by atoms with Crippen LogP contribution in [0.15, 0.2) is 54.6 Å². The Morgan fingerprint density at radius 1 is 1.00 bits per heavy atom. The molecule has 2 N–H and O–H groups in total. The fourth-order valence-electron chi connectivity index (χ4n) is 4.15. The normalized spacial score (nSPS) is 14.9. The van der Waals surface area contributed by atoms with Gasteiger partial charge in [-0.2, -0.15) is 0 Å². The van der Waals surface area contributed by atoms with Crippen LogP contribution >= 0.6 is 0 Å². The molecule has 0 aromatic heterocycles. The van der Waals surface area contributed by atoms with Crippen molar-refractivity contribution in [3.05, 3.63) is 60.2 Å². The maximum Gasteiger partial charge on any atom is 0.408 e. The first kappa shape index (κ1) is 28.0. The largest absolute Gasteiger partial charge is 0.497 e. The van der Waals surface area contributed by atoms with E-state index in [2.05, 4.69) is 10.6 Å². The van der Waals surface area contributed by atoms with Crippen LogP contribution in [0, 0.1) is 5.92 Å². The lowest BCUT2D eigenvalue weighted by atomic mass is 9.99. The fourth-order valence-corrected chi connectivity index (χ4v) is 4.15. The molecule has 1 aliphatic carbocycles. The summed E-state index contributed by atoms with van der Waals surface area (Å²) in [7, 11) is 1.58. The predicted octanol–water partition coefficient (Wildman–Crippen LogP) is 5.31. The van der Waals surface area contributed by atoms with Crippen molar-refractivity contribution >= 4 is 23.6 Å². The highest BCUT2D eigenvalue weighted by atomic mass is 16.6. The lowest BCUT2D eigenvalue weighted by Gasteiger charge is -2.35. The highest BCUT2D eigenvalue weighted by Crippen LogP contribution is 2.36. The van der Waals surface area contributed by atoms with Gasteiger partial charge in [0.2, 0.25) is 5.91 Å². The molecule has 2 aromatic rings. The van der Waals surface area contributed by atoms with Gasteiger partial charge < -0.3 is 25.0 Å². The van der Waals surface area contributed by atoms with E-state index >= 15 is 0 Å². The Kier molecular flexibility index (Phi) is 9.18. The number of carbonyl (C=O) groups is 3. The number of anilines is 1. The van der Waals surface area contributed by atoms with Crippen LogP contribution in [0.2, 0.25) is 0 Å². The van der Waals surface area contributed by atoms with Crippen molar-refractivity contribution in [2.45, 2.75) is 77.6 Å². The highest BCUT2D eigenvalue weighted by Gasteiger charge is 2.44. The summed E-state index contributed by atoms with van der Waals surface area (Å²) in [5, 5.41) is 5.74. The number of benzene rings is 2. The molecule has 8 nitrogen and oxygen atoms in total. The number of carbonyl (C=O) groups excluding carboxylic acids is 3. The Hall–Kier alpha value is -3.55. The summed E-state index contributed by atoms with van der Waals surface area (Å²) < 4.78 is 10.6. The lowest BCUT2D eigenvalue weighted by molar-refractivity contribution is -0.141. The number of hydrogen-bond acceptors (Lipinski definition) is 5. The van der Waals surface area contributed by atoms with Crippen molar-refractivity contribution in [1.29, 1.82) is 0 Å². The molecular formula is C29H39N3O5. The van der Waals surface area contributed by atoms with Gasteiger partial charge in [-0.05, 0) is 75.8 Å². The number of nitrogens with one attached hydrogen (secondary N) is 2. The maximum atomic E-state index is 14.1. The first-order chi connectivity index (χ1) is 17.5. The Morgan fingerprint density at radius 2 is 1.62 bits per heavy atom. The summed E-state index contributed by atoms with van der Waals surface area (Å²) in [5.74, 6) is 0.198. The lowest BCUT2D eigenvalue weighted by Crippen LogP contribution is -2.53. The summed E-state index contributed by atoms with van der Waals surface area (Å²) in [6.07, 6.45) is 1.36. The van der Waals surface area contributed by atoms with E-state index < -0.39 is 23.8 Å². The van der Waals surface area contributed by atoms with E-state index in [1.165, 1.54) is 0 Å². The second-order valence-electron chi connectivity index (χ2n) is 10.8. The molecule has 1 saturated carbocycles. The average molecular weight is 510 g/mol. The zero-order valence-corrected chi connectivity index (χ0v) is 22.6. The molecule has 2 atom stereocenters. The van der Waals surface area contributed by atoms with Crippen molar-refractivity contribution < 1.29 is 23.9 Å². The van der Waals surface area contributed by atoms with Gasteiger partial charge in [0, 0.05) is 11.7 Å². The van der Waals surface area contributed by atoms with Crippen LogP contribution in [0.5, 0.6) is 5.75 Å². The van der Waals surface area contributed by atoms with E-state index in [4.69, 9.17) is 9.47 Å². The van der Waals surface area contributed by atoms with Crippen LogP contribution in [-0.4, -0.2) is 47.6 Å². The SMILES string of the molecule is COc1ccc(NC(=O)C(c2ccccc2)N(C(=O)C(CC(C)C)NC(=O)OC(C)(C)C)C2CC2)cc1. The van der Waals surface area contributed by atoms with Crippen LogP contribution in [-0.2, 0) is 14.3 Å². The standard InChI is InChI=1S/C29H39N3O5/c1-19(2)18-24(31-28(35)37-29(3,4)5)27(34)32(22-14-15-22)25(20-10-8-7-9-11-20)26(33)30-21-12-16-23(36-6)17-13-21/h7-13,16-17,19,22,24-25H,14-15,18H2,1-6H3,(H,30,33)(H,31,35). The minimum absolute atomic E-state index is 0.0885. The second kappa shape index (κ2) is 12.1. The van der Waals surface area contributed by atoms with Crippen LogP contribution in [0.3, 0.4) is 0 Å². The van der Waals surface area contributed by atoms with E-state index in [1.54, 1.807) is 57.0 Å². The molecule has 0 saturated heterocycles. The number of alkyl carbamates (subject to hydrolysis) is 1. The maximum absolute atomic E-state index is 14.1. The van der Waals surface area contributed by atoms with Crippen LogP contribution < -0.4 is 15.4 Å². The molecule has 1 fully saturated rings. The minimum atomic E-state index is -0.863. The van der Waals surface area contributed by atoms with Crippen molar-refractivity contribution in [2.24, 2.45) is 5.92 Å². The molecule has 200 valence electrons. The smallest absolute Gasteiger partial charge is 0.408 e. The predicted molar refractivity (Wildman–Crippen MR) is 143 cm³/mol. The van der Waals surface area contributed by atoms with Crippen molar-refractivity contribution in [2.75, 3.05) is 12.4 Å². The van der Waals surface area contributed by atoms with Crippen LogP contribution in [0.1, 0.15) is 65.5 Å². The summed E-state index contributed by atoms with van der Waals surface area (Å²) in [6, 6.07) is 14.5. The number of methoxy groups -OCH3 is 1. The van der Waals surface area contributed by atoms with Gasteiger partial charge in [0.1, 0.15) is 23.4 Å². The molecule has 3 rings (SSSR count). The van der Waals surface area contributed by atoms with Gasteiger partial charge in [-0.25, -0.2) is 4.79 Å². The molecule has 1 aliphatic rings. The van der Waals surface area contributed by atoms with Gasteiger partial charge in [0.05, 0.1) is 7.11 Å². The number of amides is 3. The van der Waals surface area contributed by atoms with E-state index in [1.807, 2.05) is 44.2 Å². The van der Waals surface area contributed by atoms with Gasteiger partial charge in [0.15, 0.2) is 0 Å². The summed E-state index contributed by atoms with van der Waals surface area (Å²) >= 11 is 0. The summed E-state index contributed by atoms with van der Waals surface area (Å²) in [5.41, 5.74) is 0.603. The molecule has 2 aromatic carbocycles. The monoisotopic (exact) mass is 509 g/mol. The van der Waals surface area contributed by atoms with E-state index in [9.17, 15) is 14.4 Å². The van der Waals surface area contributed by atoms with Crippen LogP contribution in [0.25, 0.3) is 0 Å². The van der Waals surface area contributed by atoms with Crippen molar-refractivity contribution in [3.8, 4) is 5.75 Å². The first-order valence-electron chi connectivity index (χ1n) is 12.8. The molecular weight excluding hydrogens is 470 g/mol. The third kappa shape index (κ3) is 8.23. The fraction of sp³-hybridized carbons (Fsp3) is 0.483. The molecule has 0 radical (unpaired) electrons. The van der Waals surface area contributed by atoms with Gasteiger partial charge in [-0.1, -0.05) is 44.2 Å². The van der Waals surface area contributed by atoms with Crippen molar-refractivity contribution in [1.82, 2.24) is 10.2 Å². The van der Waals surface area contributed by atoms with Gasteiger partial charge >= 0.3 is 6.09 Å².